The summed E-state index contributed by atoms with van der Waals surface area (Å²) in [5.41, 5.74) is 0.774. The molecule has 2 rings (SSSR count). The number of hydrogen-bond acceptors (Lipinski definition) is 3. The van der Waals surface area contributed by atoms with Crippen LogP contribution in [0.1, 0.15) is 11.3 Å². The lowest BCUT2D eigenvalue weighted by molar-refractivity contribution is -0.120. The molecular weight excluding hydrogens is 278 g/mol. The number of benzene rings is 1. The fourth-order valence-electron chi connectivity index (χ4n) is 1.90. The van der Waals surface area contributed by atoms with E-state index in [0.29, 0.717) is 23.7 Å². The molecule has 2 aromatic rings. The lowest BCUT2D eigenvalue weighted by atomic mass is 10.1. The van der Waals surface area contributed by atoms with Crippen LogP contribution in [0, 0.1) is 0 Å². The van der Waals surface area contributed by atoms with Crippen LogP contribution >= 0.6 is 11.6 Å². The SMILES string of the molecule is COc1ccc(Cl)cc1CC(=O)NCCc1ccco1. The van der Waals surface area contributed by atoms with Gasteiger partial charge in [-0.05, 0) is 30.3 Å². The second-order valence-electron chi connectivity index (χ2n) is 4.31. The summed E-state index contributed by atoms with van der Waals surface area (Å²) in [7, 11) is 1.57. The van der Waals surface area contributed by atoms with E-state index in [-0.39, 0.29) is 12.3 Å². The summed E-state index contributed by atoms with van der Waals surface area (Å²) in [6.45, 7) is 0.537. The van der Waals surface area contributed by atoms with Crippen LogP contribution in [0.25, 0.3) is 0 Å². The molecule has 0 saturated heterocycles. The van der Waals surface area contributed by atoms with E-state index in [1.165, 1.54) is 0 Å². The van der Waals surface area contributed by atoms with Gasteiger partial charge in [-0.25, -0.2) is 0 Å². The Morgan fingerprint density at radius 3 is 2.95 bits per heavy atom. The van der Waals surface area contributed by atoms with Crippen LogP contribution in [-0.2, 0) is 17.6 Å². The third-order valence-corrected chi connectivity index (χ3v) is 3.10. The van der Waals surface area contributed by atoms with E-state index in [1.807, 2.05) is 12.1 Å². The molecule has 20 heavy (non-hydrogen) atoms. The molecule has 5 heteroatoms. The minimum Gasteiger partial charge on any atom is -0.496 e. The molecule has 0 saturated carbocycles. The molecule has 106 valence electrons. The highest BCUT2D eigenvalue weighted by Gasteiger charge is 2.09. The summed E-state index contributed by atoms with van der Waals surface area (Å²) in [6, 6.07) is 8.94. The van der Waals surface area contributed by atoms with Crippen molar-refractivity contribution in [3.05, 3.63) is 52.9 Å². The highest BCUT2D eigenvalue weighted by molar-refractivity contribution is 6.30. The minimum atomic E-state index is -0.0721. The van der Waals surface area contributed by atoms with Gasteiger partial charge in [-0.3, -0.25) is 4.79 Å². The monoisotopic (exact) mass is 293 g/mol. The topological polar surface area (TPSA) is 51.5 Å². The Morgan fingerprint density at radius 2 is 2.25 bits per heavy atom. The zero-order valence-corrected chi connectivity index (χ0v) is 11.9. The molecule has 0 unspecified atom stereocenters. The first-order valence-electron chi connectivity index (χ1n) is 6.30. The predicted octanol–water partition coefficient (Wildman–Crippen LogP) is 2.84. The minimum absolute atomic E-state index is 0.0721. The van der Waals surface area contributed by atoms with Crippen LogP contribution in [0.3, 0.4) is 0 Å². The quantitative estimate of drug-likeness (QED) is 0.891. The summed E-state index contributed by atoms with van der Waals surface area (Å²) >= 11 is 5.93. The lowest BCUT2D eigenvalue weighted by Crippen LogP contribution is -2.27. The molecular formula is C15H16ClNO3. The first-order valence-corrected chi connectivity index (χ1v) is 6.68. The Kier molecular flexibility index (Phi) is 5.07. The van der Waals surface area contributed by atoms with Crippen molar-refractivity contribution >= 4 is 17.5 Å². The van der Waals surface area contributed by atoms with Crippen LogP contribution in [0.5, 0.6) is 5.75 Å². The highest BCUT2D eigenvalue weighted by atomic mass is 35.5. The number of nitrogens with one attached hydrogen (secondary N) is 1. The van der Waals surface area contributed by atoms with Crippen molar-refractivity contribution in [1.29, 1.82) is 0 Å². The van der Waals surface area contributed by atoms with Crippen molar-refractivity contribution in [1.82, 2.24) is 5.32 Å². The van der Waals surface area contributed by atoms with Gasteiger partial charge in [0.2, 0.25) is 5.91 Å². The highest BCUT2D eigenvalue weighted by Crippen LogP contribution is 2.22. The Bertz CT molecular complexity index is 567. The number of amides is 1. The number of hydrogen-bond donors (Lipinski definition) is 1. The average Bonchev–Trinajstić information content (AvgIpc) is 2.92. The van der Waals surface area contributed by atoms with Crippen LogP contribution in [0.15, 0.2) is 41.0 Å². The van der Waals surface area contributed by atoms with Gasteiger partial charge in [-0.15, -0.1) is 0 Å². The molecule has 1 heterocycles. The summed E-state index contributed by atoms with van der Waals surface area (Å²) in [5, 5.41) is 3.43. The lowest BCUT2D eigenvalue weighted by Gasteiger charge is -2.09. The number of halogens is 1. The molecule has 1 N–H and O–H groups in total. The maximum Gasteiger partial charge on any atom is 0.224 e. The standard InChI is InChI=1S/C15H16ClNO3/c1-19-14-5-4-12(16)9-11(14)10-15(18)17-7-6-13-3-2-8-20-13/h2-5,8-9H,6-7,10H2,1H3,(H,17,18). The van der Waals surface area contributed by atoms with Crippen molar-refractivity contribution < 1.29 is 13.9 Å². The number of rotatable bonds is 6. The molecule has 0 fully saturated rings. The number of methoxy groups -OCH3 is 1. The van der Waals surface area contributed by atoms with Crippen molar-refractivity contribution in [2.24, 2.45) is 0 Å². The Hall–Kier alpha value is -1.94. The van der Waals surface area contributed by atoms with Crippen molar-refractivity contribution in [2.45, 2.75) is 12.8 Å². The van der Waals surface area contributed by atoms with Gasteiger partial charge in [-0.2, -0.15) is 0 Å². The zero-order valence-electron chi connectivity index (χ0n) is 11.2. The fraction of sp³-hybridized carbons (Fsp3) is 0.267. The fourth-order valence-corrected chi connectivity index (χ4v) is 2.10. The number of ether oxygens (including phenoxy) is 1. The van der Waals surface area contributed by atoms with Gasteiger partial charge in [0.15, 0.2) is 0 Å². The molecule has 0 spiro atoms. The molecule has 1 aromatic carbocycles. The van der Waals surface area contributed by atoms with E-state index < -0.39 is 0 Å². The molecule has 0 atom stereocenters. The molecule has 1 aromatic heterocycles. The maximum atomic E-state index is 11.9. The molecule has 0 radical (unpaired) electrons. The Morgan fingerprint density at radius 1 is 1.40 bits per heavy atom. The smallest absolute Gasteiger partial charge is 0.224 e. The van der Waals surface area contributed by atoms with Gasteiger partial charge in [-0.1, -0.05) is 11.6 Å². The largest absolute Gasteiger partial charge is 0.496 e. The van der Waals surface area contributed by atoms with E-state index in [4.69, 9.17) is 20.8 Å². The number of furan rings is 1. The second kappa shape index (κ2) is 7.01. The van der Waals surface area contributed by atoms with Crippen LogP contribution in [-0.4, -0.2) is 19.6 Å². The molecule has 0 aliphatic heterocycles. The van der Waals surface area contributed by atoms with Crippen LogP contribution in [0.2, 0.25) is 5.02 Å². The van der Waals surface area contributed by atoms with E-state index in [0.717, 1.165) is 11.3 Å². The normalized spacial score (nSPS) is 10.3. The predicted molar refractivity (Wildman–Crippen MR) is 77.1 cm³/mol. The van der Waals surface area contributed by atoms with Gasteiger partial charge in [0.25, 0.3) is 0 Å². The van der Waals surface area contributed by atoms with Gasteiger partial charge in [0.1, 0.15) is 11.5 Å². The van der Waals surface area contributed by atoms with Gasteiger partial charge < -0.3 is 14.5 Å². The van der Waals surface area contributed by atoms with E-state index in [9.17, 15) is 4.79 Å². The van der Waals surface area contributed by atoms with Gasteiger partial charge in [0, 0.05) is 23.6 Å². The average molecular weight is 294 g/mol. The van der Waals surface area contributed by atoms with Gasteiger partial charge in [0.05, 0.1) is 19.8 Å². The van der Waals surface area contributed by atoms with Crippen LogP contribution < -0.4 is 10.1 Å². The zero-order chi connectivity index (χ0) is 14.4. The second-order valence-corrected chi connectivity index (χ2v) is 4.75. The van der Waals surface area contributed by atoms with E-state index >= 15 is 0 Å². The summed E-state index contributed by atoms with van der Waals surface area (Å²) in [4.78, 5) is 11.9. The third kappa shape index (κ3) is 4.03. The van der Waals surface area contributed by atoms with Gasteiger partial charge >= 0.3 is 0 Å². The van der Waals surface area contributed by atoms with E-state index in [1.54, 1.807) is 31.6 Å². The molecule has 4 nitrogen and oxygen atoms in total. The third-order valence-electron chi connectivity index (χ3n) is 2.87. The van der Waals surface area contributed by atoms with Crippen molar-refractivity contribution in [3.63, 3.8) is 0 Å². The first-order chi connectivity index (χ1) is 9.69. The summed E-state index contributed by atoms with van der Waals surface area (Å²) in [5.74, 6) is 1.44. The Balaban J connectivity index is 1.86. The number of carbonyl (C=O) groups is 1. The summed E-state index contributed by atoms with van der Waals surface area (Å²) in [6.07, 6.45) is 2.53. The van der Waals surface area contributed by atoms with Crippen molar-refractivity contribution in [2.75, 3.05) is 13.7 Å². The molecule has 0 aliphatic carbocycles. The van der Waals surface area contributed by atoms with E-state index in [2.05, 4.69) is 5.32 Å². The number of carbonyl (C=O) groups excluding carboxylic acids is 1. The molecule has 0 aliphatic rings. The summed E-state index contributed by atoms with van der Waals surface area (Å²) < 4.78 is 10.4. The maximum absolute atomic E-state index is 11.9. The molecule has 1 amide bonds. The van der Waals surface area contributed by atoms with Crippen LogP contribution in [0.4, 0.5) is 0 Å². The first kappa shape index (κ1) is 14.5. The molecule has 0 bridgehead atoms. The van der Waals surface area contributed by atoms with Crippen molar-refractivity contribution in [3.8, 4) is 5.75 Å². The Labute approximate surface area is 122 Å².